The molecule has 0 unspecified atom stereocenters. The van der Waals surface area contributed by atoms with Crippen molar-refractivity contribution in [3.05, 3.63) is 36.4 Å². The highest BCUT2D eigenvalue weighted by molar-refractivity contribution is 6.01. The number of hydrogen-bond acceptors (Lipinski definition) is 4. The average molecular weight is 319 g/mol. The highest BCUT2D eigenvalue weighted by atomic mass is 16.5. The lowest BCUT2D eigenvalue weighted by Crippen LogP contribution is -2.26. The average Bonchev–Trinajstić information content (AvgIpc) is 2.54. The van der Waals surface area contributed by atoms with Gasteiger partial charge in [-0.15, -0.1) is 0 Å². The molecule has 0 aliphatic carbocycles. The fraction of sp³-hybridized carbons (Fsp3) is 0.412. The van der Waals surface area contributed by atoms with Gasteiger partial charge in [0, 0.05) is 25.7 Å². The maximum absolute atomic E-state index is 12.3. The van der Waals surface area contributed by atoms with Crippen LogP contribution in [0.5, 0.6) is 5.75 Å². The van der Waals surface area contributed by atoms with Crippen molar-refractivity contribution in [1.29, 1.82) is 0 Å². The Hall–Kier alpha value is -2.34. The van der Waals surface area contributed by atoms with Crippen molar-refractivity contribution in [2.24, 2.45) is 0 Å². The zero-order valence-electron chi connectivity index (χ0n) is 14.3. The number of amides is 2. The van der Waals surface area contributed by atoms with Gasteiger partial charge in [0.1, 0.15) is 12.4 Å². The Morgan fingerprint density at radius 2 is 2.00 bits per heavy atom. The van der Waals surface area contributed by atoms with Gasteiger partial charge in [-0.2, -0.15) is 0 Å². The predicted molar refractivity (Wildman–Crippen MR) is 92.0 cm³/mol. The minimum atomic E-state index is -0.327. The van der Waals surface area contributed by atoms with Gasteiger partial charge in [0.15, 0.2) is 0 Å². The van der Waals surface area contributed by atoms with Gasteiger partial charge < -0.3 is 19.9 Å². The van der Waals surface area contributed by atoms with Crippen LogP contribution in [0.15, 0.2) is 30.9 Å². The second kappa shape index (κ2) is 8.95. The summed E-state index contributed by atoms with van der Waals surface area (Å²) in [5.74, 6) is 0.0520. The largest absolute Gasteiger partial charge is 0.490 e. The molecule has 0 fully saturated rings. The molecular weight excluding hydrogens is 294 g/mol. The lowest BCUT2D eigenvalue weighted by Gasteiger charge is -2.18. The van der Waals surface area contributed by atoms with E-state index in [-0.39, 0.29) is 11.8 Å². The number of ether oxygens (including phenoxy) is 1. The summed E-state index contributed by atoms with van der Waals surface area (Å²) in [6.07, 6.45) is 1.19. The van der Waals surface area contributed by atoms with E-state index in [2.05, 4.69) is 11.9 Å². The molecule has 0 saturated heterocycles. The summed E-state index contributed by atoms with van der Waals surface area (Å²) in [6.45, 7) is 7.13. The fourth-order valence-corrected chi connectivity index (χ4v) is 1.76. The van der Waals surface area contributed by atoms with Crippen LogP contribution in [0, 0.1) is 0 Å². The molecule has 1 aromatic carbocycles. The van der Waals surface area contributed by atoms with Crippen molar-refractivity contribution >= 4 is 17.5 Å². The van der Waals surface area contributed by atoms with Gasteiger partial charge in [0.05, 0.1) is 5.69 Å². The Morgan fingerprint density at radius 1 is 1.30 bits per heavy atom. The van der Waals surface area contributed by atoms with Crippen molar-refractivity contribution in [2.75, 3.05) is 46.2 Å². The molecule has 0 aromatic heterocycles. The van der Waals surface area contributed by atoms with Crippen molar-refractivity contribution in [3.8, 4) is 5.75 Å². The van der Waals surface area contributed by atoms with Gasteiger partial charge in [0.25, 0.3) is 5.91 Å². The number of benzene rings is 1. The molecule has 0 aliphatic rings. The van der Waals surface area contributed by atoms with Crippen molar-refractivity contribution < 1.29 is 14.3 Å². The Kier molecular flexibility index (Phi) is 7.28. The smallest absolute Gasteiger partial charge is 0.253 e. The molecule has 0 saturated carbocycles. The first kappa shape index (κ1) is 18.7. The second-order valence-corrected chi connectivity index (χ2v) is 5.38. The van der Waals surface area contributed by atoms with Crippen LogP contribution >= 0.6 is 0 Å². The molecule has 6 nitrogen and oxygen atoms in total. The van der Waals surface area contributed by atoms with E-state index in [4.69, 9.17) is 4.74 Å². The number of nitrogens with zero attached hydrogens (tertiary/aromatic N) is 2. The number of likely N-dealkylation sites (N-methyl/N-ethyl adjacent to an activating group) is 1. The summed E-state index contributed by atoms with van der Waals surface area (Å²) < 4.78 is 5.74. The second-order valence-electron chi connectivity index (χ2n) is 5.38. The first-order chi connectivity index (χ1) is 10.9. The zero-order valence-corrected chi connectivity index (χ0v) is 14.3. The Morgan fingerprint density at radius 3 is 2.57 bits per heavy atom. The fourth-order valence-electron chi connectivity index (χ4n) is 1.76. The molecule has 0 atom stereocenters. The summed E-state index contributed by atoms with van der Waals surface area (Å²) in [5, 5.41) is 2.69. The quantitative estimate of drug-likeness (QED) is 0.743. The minimum Gasteiger partial charge on any atom is -0.490 e. The molecule has 0 spiro atoms. The molecule has 0 bridgehead atoms. The van der Waals surface area contributed by atoms with Gasteiger partial charge in [-0.3, -0.25) is 9.59 Å². The van der Waals surface area contributed by atoms with Crippen LogP contribution in [-0.2, 0) is 4.79 Å². The maximum atomic E-state index is 12.3. The van der Waals surface area contributed by atoms with Crippen LogP contribution in [0.3, 0.4) is 0 Å². The lowest BCUT2D eigenvalue weighted by atomic mass is 10.1. The van der Waals surface area contributed by atoms with Gasteiger partial charge in [-0.1, -0.05) is 6.58 Å². The third kappa shape index (κ3) is 5.75. The van der Waals surface area contributed by atoms with Crippen LogP contribution in [-0.4, -0.2) is 62.5 Å². The number of carbonyl (C=O) groups is 2. The molecule has 0 heterocycles. The first-order valence-electron chi connectivity index (χ1n) is 7.49. The molecule has 0 aliphatic heterocycles. The summed E-state index contributed by atoms with van der Waals surface area (Å²) >= 11 is 0. The highest BCUT2D eigenvalue weighted by Gasteiger charge is 2.14. The molecule has 0 radical (unpaired) electrons. The molecule has 126 valence electrons. The Bertz CT molecular complexity index is 570. The van der Waals surface area contributed by atoms with E-state index in [0.717, 1.165) is 6.54 Å². The molecule has 6 heteroatoms. The van der Waals surface area contributed by atoms with Crippen molar-refractivity contribution in [2.45, 2.75) is 6.92 Å². The topological polar surface area (TPSA) is 61.9 Å². The molecular formula is C17H25N3O3. The van der Waals surface area contributed by atoms with Crippen LogP contribution in [0.4, 0.5) is 5.69 Å². The third-order valence-corrected chi connectivity index (χ3v) is 3.29. The molecule has 1 aromatic rings. The number of anilines is 1. The standard InChI is InChI=1S/C17H25N3O3/c1-6-16(21)18-14-9-8-13(17(22)20(5)7-2)12-15(14)23-11-10-19(3)4/h6,8-9,12H,1,7,10-11H2,2-5H3,(H,18,21). The van der Waals surface area contributed by atoms with Gasteiger partial charge >= 0.3 is 0 Å². The third-order valence-electron chi connectivity index (χ3n) is 3.29. The van der Waals surface area contributed by atoms with E-state index in [0.29, 0.717) is 30.2 Å². The van der Waals surface area contributed by atoms with E-state index in [1.54, 1.807) is 30.1 Å². The summed E-state index contributed by atoms with van der Waals surface area (Å²) in [6, 6.07) is 5.00. The molecule has 23 heavy (non-hydrogen) atoms. The predicted octanol–water partition coefficient (Wildman–Crippen LogP) is 1.84. The van der Waals surface area contributed by atoms with E-state index >= 15 is 0 Å². The van der Waals surface area contributed by atoms with Crippen LogP contribution in [0.1, 0.15) is 17.3 Å². The van der Waals surface area contributed by atoms with Crippen molar-refractivity contribution in [1.82, 2.24) is 9.80 Å². The van der Waals surface area contributed by atoms with E-state index in [1.807, 2.05) is 25.9 Å². The first-order valence-corrected chi connectivity index (χ1v) is 7.49. The lowest BCUT2D eigenvalue weighted by molar-refractivity contribution is -0.111. The molecule has 1 rings (SSSR count). The van der Waals surface area contributed by atoms with Crippen molar-refractivity contribution in [3.63, 3.8) is 0 Å². The van der Waals surface area contributed by atoms with E-state index in [9.17, 15) is 9.59 Å². The normalized spacial score (nSPS) is 10.3. The summed E-state index contributed by atoms with van der Waals surface area (Å²) in [4.78, 5) is 27.4. The maximum Gasteiger partial charge on any atom is 0.253 e. The number of rotatable bonds is 8. The highest BCUT2D eigenvalue weighted by Crippen LogP contribution is 2.26. The van der Waals surface area contributed by atoms with Gasteiger partial charge in [0.2, 0.25) is 5.91 Å². The number of carbonyl (C=O) groups excluding carboxylic acids is 2. The van der Waals surface area contributed by atoms with Crippen LogP contribution in [0.2, 0.25) is 0 Å². The Balaban J connectivity index is 3.03. The zero-order chi connectivity index (χ0) is 17.4. The summed E-state index contributed by atoms with van der Waals surface area (Å²) in [5.41, 5.74) is 1.04. The Labute approximate surface area is 137 Å². The SMILES string of the molecule is C=CC(=O)Nc1ccc(C(=O)N(C)CC)cc1OCCN(C)C. The minimum absolute atomic E-state index is 0.0912. The van der Waals surface area contributed by atoms with Crippen LogP contribution < -0.4 is 10.1 Å². The van der Waals surface area contributed by atoms with E-state index in [1.165, 1.54) is 6.08 Å². The number of nitrogens with one attached hydrogen (secondary N) is 1. The number of hydrogen-bond donors (Lipinski definition) is 1. The molecule has 1 N–H and O–H groups in total. The monoisotopic (exact) mass is 319 g/mol. The van der Waals surface area contributed by atoms with E-state index < -0.39 is 0 Å². The van der Waals surface area contributed by atoms with Gasteiger partial charge in [-0.25, -0.2) is 0 Å². The van der Waals surface area contributed by atoms with Crippen LogP contribution in [0.25, 0.3) is 0 Å². The molecule has 2 amide bonds. The summed E-state index contributed by atoms with van der Waals surface area (Å²) in [7, 11) is 5.63. The van der Waals surface area contributed by atoms with Gasteiger partial charge in [-0.05, 0) is 45.3 Å².